The van der Waals surface area contributed by atoms with Crippen molar-refractivity contribution in [1.29, 1.82) is 0 Å². The van der Waals surface area contributed by atoms with Crippen LogP contribution in [0.4, 0.5) is 11.5 Å². The Morgan fingerprint density at radius 3 is 2.59 bits per heavy atom. The summed E-state index contributed by atoms with van der Waals surface area (Å²) in [6, 6.07) is 16.2. The summed E-state index contributed by atoms with van der Waals surface area (Å²) in [6.07, 6.45) is 0. The average Bonchev–Trinajstić information content (AvgIpc) is 3.06. The van der Waals surface area contributed by atoms with Gasteiger partial charge in [0, 0.05) is 5.02 Å². The van der Waals surface area contributed by atoms with Crippen molar-refractivity contribution in [3.8, 4) is 11.4 Å². The van der Waals surface area contributed by atoms with E-state index < -0.39 is 5.97 Å². The molecule has 7 nitrogen and oxygen atoms in total. The number of esters is 1. The Hall–Kier alpha value is -3.19. The molecule has 1 heterocycles. The van der Waals surface area contributed by atoms with Crippen molar-refractivity contribution in [2.45, 2.75) is 6.92 Å². The van der Waals surface area contributed by atoms with Crippen LogP contribution in [0.2, 0.25) is 5.02 Å². The summed E-state index contributed by atoms with van der Waals surface area (Å²) in [6.45, 7) is 1.93. The maximum atomic E-state index is 12.3. The zero-order valence-corrected chi connectivity index (χ0v) is 15.6. The van der Waals surface area contributed by atoms with Crippen molar-refractivity contribution in [3.05, 3.63) is 65.3 Å². The van der Waals surface area contributed by atoms with Gasteiger partial charge in [-0.15, -0.1) is 10.2 Å². The third-order valence-corrected chi connectivity index (χ3v) is 3.80. The molecule has 8 heteroatoms. The van der Waals surface area contributed by atoms with Crippen LogP contribution in [0.15, 0.2) is 64.8 Å². The Bertz CT molecular complexity index is 970. The number of aromatic nitrogens is 2. The smallest absolute Gasteiger partial charge is 0.362 e. The summed E-state index contributed by atoms with van der Waals surface area (Å²) in [5.41, 5.74) is 1.27. The Morgan fingerprint density at radius 2 is 1.93 bits per heavy atom. The van der Waals surface area contributed by atoms with Gasteiger partial charge >= 0.3 is 5.97 Å². The molecule has 0 aliphatic carbocycles. The largest absolute Gasteiger partial charge is 0.490 e. The average molecular weight is 385 g/mol. The minimum Gasteiger partial charge on any atom is -0.490 e. The number of methoxy groups -OCH3 is 1. The third-order valence-electron chi connectivity index (χ3n) is 3.56. The van der Waals surface area contributed by atoms with Crippen molar-refractivity contribution in [2.24, 2.45) is 10.2 Å². The van der Waals surface area contributed by atoms with Gasteiger partial charge in [0.15, 0.2) is 0 Å². The molecule has 0 unspecified atom stereocenters. The highest BCUT2D eigenvalue weighted by Crippen LogP contribution is 2.35. The number of halogens is 1. The van der Waals surface area contributed by atoms with E-state index >= 15 is 0 Å². The fourth-order valence-electron chi connectivity index (χ4n) is 2.39. The van der Waals surface area contributed by atoms with Gasteiger partial charge in [0.2, 0.25) is 17.3 Å². The summed E-state index contributed by atoms with van der Waals surface area (Å²) < 4.78 is 11.9. The SMILES string of the molecule is CCOC(=O)c1nn(-c2cccc(Cl)c2)c(N=Nc2ccccc2)c1OC. The predicted octanol–water partition coefficient (Wildman–Crippen LogP) is 5.13. The van der Waals surface area contributed by atoms with Crippen LogP contribution >= 0.6 is 11.6 Å². The molecule has 0 aliphatic heterocycles. The minimum absolute atomic E-state index is 0.0151. The van der Waals surface area contributed by atoms with E-state index in [4.69, 9.17) is 21.1 Å². The van der Waals surface area contributed by atoms with Crippen LogP contribution in [0, 0.1) is 0 Å². The van der Waals surface area contributed by atoms with Gasteiger partial charge in [-0.05, 0) is 37.3 Å². The van der Waals surface area contributed by atoms with Crippen molar-refractivity contribution in [3.63, 3.8) is 0 Å². The molecule has 0 bridgehead atoms. The lowest BCUT2D eigenvalue weighted by Gasteiger charge is -2.04. The molecule has 138 valence electrons. The lowest BCUT2D eigenvalue weighted by Crippen LogP contribution is -2.07. The summed E-state index contributed by atoms with van der Waals surface area (Å²) >= 11 is 6.09. The van der Waals surface area contributed by atoms with E-state index in [1.807, 2.05) is 30.3 Å². The molecule has 0 atom stereocenters. The zero-order valence-electron chi connectivity index (χ0n) is 14.8. The first-order chi connectivity index (χ1) is 13.1. The monoisotopic (exact) mass is 384 g/mol. The summed E-state index contributed by atoms with van der Waals surface area (Å²) in [5.74, 6) is -0.175. The van der Waals surface area contributed by atoms with Crippen LogP contribution < -0.4 is 4.74 Å². The Balaban J connectivity index is 2.15. The molecule has 3 rings (SSSR count). The van der Waals surface area contributed by atoms with Gasteiger partial charge in [0.05, 0.1) is 25.1 Å². The number of ether oxygens (including phenoxy) is 2. The molecule has 0 spiro atoms. The van der Waals surface area contributed by atoms with Crippen molar-refractivity contribution < 1.29 is 14.3 Å². The second-order valence-corrected chi connectivity index (χ2v) is 5.79. The molecular formula is C19H17ClN4O3. The molecule has 0 saturated heterocycles. The summed E-state index contributed by atoms with van der Waals surface area (Å²) in [5, 5.41) is 13.3. The van der Waals surface area contributed by atoms with Crippen LogP contribution in [0.25, 0.3) is 5.69 Å². The van der Waals surface area contributed by atoms with Gasteiger partial charge < -0.3 is 9.47 Å². The Kier molecular flexibility index (Phi) is 5.83. The molecular weight excluding hydrogens is 368 g/mol. The van der Waals surface area contributed by atoms with Crippen molar-refractivity contribution >= 4 is 29.1 Å². The number of azo groups is 1. The molecule has 1 aromatic heterocycles. The number of carbonyl (C=O) groups excluding carboxylic acids is 1. The van der Waals surface area contributed by atoms with E-state index in [9.17, 15) is 4.79 Å². The summed E-state index contributed by atoms with van der Waals surface area (Å²) in [7, 11) is 1.43. The molecule has 0 amide bonds. The van der Waals surface area contributed by atoms with E-state index in [1.165, 1.54) is 11.8 Å². The van der Waals surface area contributed by atoms with Gasteiger partial charge in [-0.3, -0.25) is 0 Å². The predicted molar refractivity (Wildman–Crippen MR) is 102 cm³/mol. The number of carbonyl (C=O) groups is 1. The number of nitrogens with zero attached hydrogens (tertiary/aromatic N) is 4. The quantitative estimate of drug-likeness (QED) is 0.436. The minimum atomic E-state index is -0.605. The number of benzene rings is 2. The highest BCUT2D eigenvalue weighted by atomic mass is 35.5. The van der Waals surface area contributed by atoms with E-state index in [-0.39, 0.29) is 23.9 Å². The maximum absolute atomic E-state index is 12.3. The van der Waals surface area contributed by atoms with Crippen molar-refractivity contribution in [2.75, 3.05) is 13.7 Å². The van der Waals surface area contributed by atoms with Gasteiger partial charge in [-0.1, -0.05) is 35.9 Å². The van der Waals surface area contributed by atoms with Gasteiger partial charge in [-0.2, -0.15) is 5.10 Å². The molecule has 3 aromatic rings. The van der Waals surface area contributed by atoms with Crippen LogP contribution in [-0.2, 0) is 4.74 Å². The molecule has 0 fully saturated rings. The van der Waals surface area contributed by atoms with Crippen LogP contribution in [0.3, 0.4) is 0 Å². The third kappa shape index (κ3) is 4.15. The fraction of sp³-hybridized carbons (Fsp3) is 0.158. The van der Waals surface area contributed by atoms with Crippen LogP contribution in [0.5, 0.6) is 5.75 Å². The van der Waals surface area contributed by atoms with Crippen LogP contribution in [0.1, 0.15) is 17.4 Å². The fourth-order valence-corrected chi connectivity index (χ4v) is 2.58. The van der Waals surface area contributed by atoms with Gasteiger partial charge in [0.25, 0.3) is 0 Å². The highest BCUT2D eigenvalue weighted by molar-refractivity contribution is 6.30. The molecule has 0 N–H and O–H groups in total. The number of rotatable bonds is 6. The maximum Gasteiger partial charge on any atom is 0.362 e. The molecule has 2 aromatic carbocycles. The van der Waals surface area contributed by atoms with E-state index in [0.717, 1.165) is 0 Å². The Labute approximate surface area is 161 Å². The highest BCUT2D eigenvalue weighted by Gasteiger charge is 2.26. The lowest BCUT2D eigenvalue weighted by molar-refractivity contribution is 0.0515. The number of hydrogen-bond acceptors (Lipinski definition) is 6. The standard InChI is InChI=1S/C19H17ClN4O3/c1-3-27-19(25)16-17(26-2)18(22-21-14-9-5-4-6-10-14)24(23-16)15-11-7-8-13(20)12-15/h4-12H,3H2,1-2H3. The number of hydrogen-bond donors (Lipinski definition) is 0. The zero-order chi connectivity index (χ0) is 19.2. The van der Waals surface area contributed by atoms with Crippen LogP contribution in [-0.4, -0.2) is 29.5 Å². The first-order valence-electron chi connectivity index (χ1n) is 8.21. The van der Waals surface area contributed by atoms with E-state index in [2.05, 4.69) is 15.3 Å². The normalized spacial score (nSPS) is 10.9. The van der Waals surface area contributed by atoms with Crippen molar-refractivity contribution in [1.82, 2.24) is 9.78 Å². The molecule has 0 aliphatic rings. The summed E-state index contributed by atoms with van der Waals surface area (Å²) in [4.78, 5) is 12.3. The first kappa shape index (κ1) is 18.6. The van der Waals surface area contributed by atoms with E-state index in [1.54, 1.807) is 31.2 Å². The Morgan fingerprint density at radius 1 is 1.15 bits per heavy atom. The topological polar surface area (TPSA) is 78.1 Å². The first-order valence-corrected chi connectivity index (χ1v) is 8.58. The molecule has 27 heavy (non-hydrogen) atoms. The second-order valence-electron chi connectivity index (χ2n) is 5.35. The molecule has 0 radical (unpaired) electrons. The lowest BCUT2D eigenvalue weighted by atomic mass is 10.3. The molecule has 0 saturated carbocycles. The second kappa shape index (κ2) is 8.46. The van der Waals surface area contributed by atoms with E-state index in [0.29, 0.717) is 16.4 Å². The van der Waals surface area contributed by atoms with Gasteiger partial charge in [0.1, 0.15) is 0 Å². The van der Waals surface area contributed by atoms with Gasteiger partial charge in [-0.25, -0.2) is 9.48 Å².